The van der Waals surface area contributed by atoms with Crippen LogP contribution in [0.25, 0.3) is 0 Å². The zero-order chi connectivity index (χ0) is 14.1. The van der Waals surface area contributed by atoms with Crippen LogP contribution in [0.3, 0.4) is 0 Å². The summed E-state index contributed by atoms with van der Waals surface area (Å²) < 4.78 is 6.44. The molecular formula is C15H19BrN2O2. The number of nitrogens with zero attached hydrogens (tertiary/aromatic N) is 1. The van der Waals surface area contributed by atoms with Crippen molar-refractivity contribution < 1.29 is 9.53 Å². The number of rotatable bonds is 2. The lowest BCUT2D eigenvalue weighted by Gasteiger charge is -2.35. The second-order valence-corrected chi connectivity index (χ2v) is 6.51. The highest BCUT2D eigenvalue weighted by atomic mass is 79.9. The standard InChI is InChI=1S/C15H19BrN2O2/c1-18-10-6-7-11(18)9-12(8-10)20-15(19)17-14-5-3-2-4-13(14)16/h2-5,10-12H,6-9H2,1H3,(H,17,19). The monoisotopic (exact) mass is 338 g/mol. The Morgan fingerprint density at radius 3 is 2.60 bits per heavy atom. The van der Waals surface area contributed by atoms with Gasteiger partial charge in [0.1, 0.15) is 6.10 Å². The van der Waals surface area contributed by atoms with Gasteiger partial charge in [0, 0.05) is 29.4 Å². The molecular weight excluding hydrogens is 320 g/mol. The van der Waals surface area contributed by atoms with E-state index in [0.29, 0.717) is 12.1 Å². The number of amides is 1. The molecule has 3 rings (SSSR count). The fourth-order valence-corrected chi connectivity index (χ4v) is 3.70. The van der Waals surface area contributed by atoms with E-state index >= 15 is 0 Å². The molecule has 2 aliphatic heterocycles. The molecule has 2 aliphatic rings. The number of ether oxygens (including phenoxy) is 1. The number of halogens is 1. The Morgan fingerprint density at radius 1 is 1.30 bits per heavy atom. The number of carbonyl (C=O) groups excluding carboxylic acids is 1. The van der Waals surface area contributed by atoms with Crippen LogP contribution >= 0.6 is 15.9 Å². The van der Waals surface area contributed by atoms with Crippen molar-refractivity contribution in [2.24, 2.45) is 0 Å². The van der Waals surface area contributed by atoms with Gasteiger partial charge in [0.05, 0.1) is 5.69 Å². The van der Waals surface area contributed by atoms with Gasteiger partial charge < -0.3 is 9.64 Å². The Bertz CT molecular complexity index is 494. The second-order valence-electron chi connectivity index (χ2n) is 5.65. The molecule has 5 heteroatoms. The van der Waals surface area contributed by atoms with E-state index in [9.17, 15) is 4.79 Å². The molecule has 0 radical (unpaired) electrons. The number of hydrogen-bond donors (Lipinski definition) is 1. The van der Waals surface area contributed by atoms with Crippen LogP contribution in [0.1, 0.15) is 25.7 Å². The summed E-state index contributed by atoms with van der Waals surface area (Å²) in [4.78, 5) is 14.4. The van der Waals surface area contributed by atoms with Gasteiger partial charge in [-0.25, -0.2) is 4.79 Å². The molecule has 0 spiro atoms. The highest BCUT2D eigenvalue weighted by molar-refractivity contribution is 9.10. The van der Waals surface area contributed by atoms with Crippen LogP contribution in [0.4, 0.5) is 10.5 Å². The summed E-state index contributed by atoms with van der Waals surface area (Å²) in [7, 11) is 2.18. The summed E-state index contributed by atoms with van der Waals surface area (Å²) in [6.45, 7) is 0. The molecule has 4 nitrogen and oxygen atoms in total. The number of para-hydroxylation sites is 1. The third-order valence-corrected chi connectivity index (χ3v) is 5.13. The number of hydrogen-bond acceptors (Lipinski definition) is 3. The summed E-state index contributed by atoms with van der Waals surface area (Å²) >= 11 is 3.41. The Balaban J connectivity index is 1.56. The van der Waals surface area contributed by atoms with E-state index in [-0.39, 0.29) is 12.2 Å². The van der Waals surface area contributed by atoms with Crippen molar-refractivity contribution in [3.63, 3.8) is 0 Å². The maximum Gasteiger partial charge on any atom is 0.411 e. The summed E-state index contributed by atoms with van der Waals surface area (Å²) in [5.74, 6) is 0. The van der Waals surface area contributed by atoms with E-state index < -0.39 is 0 Å². The third-order valence-electron chi connectivity index (χ3n) is 4.44. The van der Waals surface area contributed by atoms with Gasteiger partial charge in [-0.05, 0) is 48.0 Å². The second kappa shape index (κ2) is 5.74. The smallest absolute Gasteiger partial charge is 0.411 e. The molecule has 1 aromatic rings. The maximum absolute atomic E-state index is 12.0. The first kappa shape index (κ1) is 13.9. The van der Waals surface area contributed by atoms with Crippen molar-refractivity contribution in [2.45, 2.75) is 43.9 Å². The number of piperidine rings is 1. The maximum atomic E-state index is 12.0. The molecule has 2 bridgehead atoms. The average Bonchev–Trinajstić information content (AvgIpc) is 2.63. The van der Waals surface area contributed by atoms with E-state index in [0.717, 1.165) is 23.0 Å². The van der Waals surface area contributed by atoms with Crippen molar-refractivity contribution >= 4 is 27.7 Å². The topological polar surface area (TPSA) is 41.6 Å². The molecule has 20 heavy (non-hydrogen) atoms. The molecule has 0 saturated carbocycles. The van der Waals surface area contributed by atoms with Gasteiger partial charge in [0.25, 0.3) is 0 Å². The van der Waals surface area contributed by atoms with Gasteiger partial charge in [0.2, 0.25) is 0 Å². The van der Waals surface area contributed by atoms with Gasteiger partial charge in [-0.3, -0.25) is 5.32 Å². The SMILES string of the molecule is CN1C2CCC1CC(OC(=O)Nc1ccccc1Br)C2. The highest BCUT2D eigenvalue weighted by Gasteiger charge is 2.39. The molecule has 1 N–H and O–H groups in total. The number of benzene rings is 1. The Hall–Kier alpha value is -1.07. The summed E-state index contributed by atoms with van der Waals surface area (Å²) in [6.07, 6.45) is 4.06. The fourth-order valence-electron chi connectivity index (χ4n) is 3.31. The van der Waals surface area contributed by atoms with E-state index in [4.69, 9.17) is 4.74 Å². The highest BCUT2D eigenvalue weighted by Crippen LogP contribution is 2.35. The summed E-state index contributed by atoms with van der Waals surface area (Å²) in [6, 6.07) is 8.70. The predicted octanol–water partition coefficient (Wildman–Crippen LogP) is 3.62. The summed E-state index contributed by atoms with van der Waals surface area (Å²) in [5, 5.41) is 2.80. The average molecular weight is 339 g/mol. The number of anilines is 1. The zero-order valence-electron chi connectivity index (χ0n) is 11.5. The lowest BCUT2D eigenvalue weighted by atomic mass is 10.0. The van der Waals surface area contributed by atoms with Crippen LogP contribution in [-0.2, 0) is 4.74 Å². The van der Waals surface area contributed by atoms with Crippen molar-refractivity contribution in [3.8, 4) is 0 Å². The normalized spacial score (nSPS) is 29.2. The molecule has 2 fully saturated rings. The quantitative estimate of drug-likeness (QED) is 0.895. The van der Waals surface area contributed by atoms with E-state index in [2.05, 4.69) is 33.2 Å². The van der Waals surface area contributed by atoms with Gasteiger partial charge in [-0.15, -0.1) is 0 Å². The van der Waals surface area contributed by atoms with Crippen LogP contribution in [0.15, 0.2) is 28.7 Å². The first-order valence-corrected chi connectivity index (χ1v) is 7.87. The van der Waals surface area contributed by atoms with Gasteiger partial charge in [0.15, 0.2) is 0 Å². The van der Waals surface area contributed by atoms with Crippen LogP contribution < -0.4 is 5.32 Å². The van der Waals surface area contributed by atoms with E-state index in [1.807, 2.05) is 24.3 Å². The Morgan fingerprint density at radius 2 is 1.95 bits per heavy atom. The van der Waals surface area contributed by atoms with E-state index in [1.54, 1.807) is 0 Å². The minimum Gasteiger partial charge on any atom is -0.446 e. The first-order chi connectivity index (χ1) is 9.63. The largest absolute Gasteiger partial charge is 0.446 e. The molecule has 1 amide bonds. The minimum atomic E-state index is -0.356. The van der Waals surface area contributed by atoms with Crippen molar-refractivity contribution in [1.29, 1.82) is 0 Å². The molecule has 2 atom stereocenters. The summed E-state index contributed by atoms with van der Waals surface area (Å²) in [5.41, 5.74) is 0.744. The molecule has 2 unspecified atom stereocenters. The molecule has 0 aromatic heterocycles. The molecule has 108 valence electrons. The number of fused-ring (bicyclic) bond motifs is 2. The van der Waals surface area contributed by atoms with Gasteiger partial charge in [-0.1, -0.05) is 12.1 Å². The number of nitrogens with one attached hydrogen (secondary N) is 1. The lowest BCUT2D eigenvalue weighted by Crippen LogP contribution is -2.43. The number of carbonyl (C=O) groups is 1. The van der Waals surface area contributed by atoms with Crippen LogP contribution in [0.2, 0.25) is 0 Å². The minimum absolute atomic E-state index is 0.0474. The van der Waals surface area contributed by atoms with Gasteiger partial charge >= 0.3 is 6.09 Å². The fraction of sp³-hybridized carbons (Fsp3) is 0.533. The van der Waals surface area contributed by atoms with Crippen molar-refractivity contribution in [3.05, 3.63) is 28.7 Å². The van der Waals surface area contributed by atoms with Crippen LogP contribution in [0.5, 0.6) is 0 Å². The molecule has 0 aliphatic carbocycles. The van der Waals surface area contributed by atoms with Crippen molar-refractivity contribution in [1.82, 2.24) is 4.90 Å². The van der Waals surface area contributed by atoms with Crippen molar-refractivity contribution in [2.75, 3.05) is 12.4 Å². The van der Waals surface area contributed by atoms with Gasteiger partial charge in [-0.2, -0.15) is 0 Å². The van der Waals surface area contributed by atoms with E-state index in [1.165, 1.54) is 12.8 Å². The Kier molecular flexibility index (Phi) is 3.98. The van der Waals surface area contributed by atoms with Crippen LogP contribution in [-0.4, -0.2) is 36.2 Å². The van der Waals surface area contributed by atoms with Crippen LogP contribution in [0, 0.1) is 0 Å². The molecule has 2 heterocycles. The molecule has 2 saturated heterocycles. The zero-order valence-corrected chi connectivity index (χ0v) is 13.1. The third kappa shape index (κ3) is 2.83. The first-order valence-electron chi connectivity index (χ1n) is 7.07. The Labute approximate surface area is 127 Å². The predicted molar refractivity (Wildman–Crippen MR) is 81.8 cm³/mol. The lowest BCUT2D eigenvalue weighted by molar-refractivity contribution is 0.0348. The molecule has 1 aromatic carbocycles.